The molecule has 0 saturated carbocycles. The predicted octanol–water partition coefficient (Wildman–Crippen LogP) is 1.97. The lowest BCUT2D eigenvalue weighted by atomic mass is 10.0. The summed E-state index contributed by atoms with van der Waals surface area (Å²) in [7, 11) is 0. The van der Waals surface area contributed by atoms with Crippen molar-refractivity contribution in [2.75, 3.05) is 19.6 Å². The summed E-state index contributed by atoms with van der Waals surface area (Å²) in [5.74, 6) is 0.645. The Labute approximate surface area is 121 Å². The highest BCUT2D eigenvalue weighted by Gasteiger charge is 2.18. The summed E-state index contributed by atoms with van der Waals surface area (Å²) in [6.07, 6.45) is 0. The van der Waals surface area contributed by atoms with Crippen LogP contribution in [-0.4, -0.2) is 25.5 Å². The Morgan fingerprint density at radius 2 is 2.24 bits per heavy atom. The van der Waals surface area contributed by atoms with E-state index in [4.69, 9.17) is 0 Å². The molecule has 1 aliphatic heterocycles. The van der Waals surface area contributed by atoms with Gasteiger partial charge in [0.15, 0.2) is 0 Å². The number of nitrogens with one attached hydrogen (secondary N) is 2. The standard InChI is InChI=1S/C12H15IN2O.ClH/c1-8-3-2-4-10(11(8)13)12(16)15-7-9-5-14-6-9;/h2-4,9,14H,5-7H2,1H3,(H,15,16);1H. The van der Waals surface area contributed by atoms with Crippen LogP contribution in [0.4, 0.5) is 0 Å². The van der Waals surface area contributed by atoms with Gasteiger partial charge in [0, 0.05) is 29.1 Å². The molecule has 94 valence electrons. The minimum atomic E-state index is 0. The van der Waals surface area contributed by atoms with Gasteiger partial charge in [-0.3, -0.25) is 4.79 Å². The smallest absolute Gasteiger partial charge is 0.252 e. The molecular weight excluding hydrogens is 351 g/mol. The maximum absolute atomic E-state index is 11.9. The Kier molecular flexibility index (Phi) is 5.69. The van der Waals surface area contributed by atoms with Gasteiger partial charge in [-0.25, -0.2) is 0 Å². The minimum Gasteiger partial charge on any atom is -0.352 e. The number of halogens is 2. The maximum Gasteiger partial charge on any atom is 0.252 e. The van der Waals surface area contributed by atoms with E-state index >= 15 is 0 Å². The second-order valence-electron chi connectivity index (χ2n) is 4.17. The third-order valence-electron chi connectivity index (χ3n) is 2.85. The van der Waals surface area contributed by atoms with E-state index in [1.807, 2.05) is 25.1 Å². The van der Waals surface area contributed by atoms with Crippen molar-refractivity contribution in [3.63, 3.8) is 0 Å². The normalized spacial score (nSPS) is 14.7. The molecule has 0 radical (unpaired) electrons. The van der Waals surface area contributed by atoms with Crippen LogP contribution in [0.25, 0.3) is 0 Å². The second-order valence-corrected chi connectivity index (χ2v) is 5.25. The summed E-state index contributed by atoms with van der Waals surface area (Å²) in [6.45, 7) is 4.83. The molecule has 1 amide bonds. The highest BCUT2D eigenvalue weighted by atomic mass is 127. The van der Waals surface area contributed by atoms with Crippen molar-refractivity contribution in [3.05, 3.63) is 32.9 Å². The van der Waals surface area contributed by atoms with Crippen molar-refractivity contribution < 1.29 is 4.79 Å². The Hall–Kier alpha value is -0.330. The highest BCUT2D eigenvalue weighted by molar-refractivity contribution is 14.1. The van der Waals surface area contributed by atoms with Gasteiger partial charge in [-0.05, 0) is 41.1 Å². The lowest BCUT2D eigenvalue weighted by Gasteiger charge is -2.27. The van der Waals surface area contributed by atoms with Crippen LogP contribution in [0.2, 0.25) is 0 Å². The van der Waals surface area contributed by atoms with E-state index in [1.165, 1.54) is 0 Å². The van der Waals surface area contributed by atoms with E-state index in [2.05, 4.69) is 33.2 Å². The van der Waals surface area contributed by atoms with Crippen molar-refractivity contribution >= 4 is 40.9 Å². The van der Waals surface area contributed by atoms with Crippen LogP contribution in [-0.2, 0) is 0 Å². The summed E-state index contributed by atoms with van der Waals surface area (Å²) >= 11 is 2.23. The molecule has 2 rings (SSSR count). The topological polar surface area (TPSA) is 41.1 Å². The van der Waals surface area contributed by atoms with Crippen LogP contribution in [0.3, 0.4) is 0 Å². The van der Waals surface area contributed by atoms with Gasteiger partial charge in [0.05, 0.1) is 5.56 Å². The number of carbonyl (C=O) groups is 1. The zero-order valence-corrected chi connectivity index (χ0v) is 12.6. The molecule has 1 saturated heterocycles. The van der Waals surface area contributed by atoms with Crippen molar-refractivity contribution in [2.45, 2.75) is 6.92 Å². The van der Waals surface area contributed by atoms with Crippen LogP contribution < -0.4 is 10.6 Å². The van der Waals surface area contributed by atoms with Crippen molar-refractivity contribution in [1.82, 2.24) is 10.6 Å². The molecule has 1 aromatic carbocycles. The van der Waals surface area contributed by atoms with Gasteiger partial charge in [-0.1, -0.05) is 12.1 Å². The molecule has 0 spiro atoms. The molecule has 2 N–H and O–H groups in total. The average molecular weight is 367 g/mol. The Bertz CT molecular complexity index is 407. The molecule has 0 bridgehead atoms. The molecule has 0 unspecified atom stereocenters. The van der Waals surface area contributed by atoms with E-state index in [1.54, 1.807) is 0 Å². The number of amides is 1. The summed E-state index contributed by atoms with van der Waals surface area (Å²) in [5.41, 5.74) is 1.94. The molecule has 1 heterocycles. The monoisotopic (exact) mass is 366 g/mol. The Morgan fingerprint density at radius 3 is 2.82 bits per heavy atom. The van der Waals surface area contributed by atoms with Gasteiger partial charge < -0.3 is 10.6 Å². The molecule has 0 aromatic heterocycles. The SMILES string of the molecule is Cc1cccc(C(=O)NCC2CNC2)c1I.Cl. The summed E-state index contributed by atoms with van der Waals surface area (Å²) < 4.78 is 1.05. The number of aryl methyl sites for hydroxylation is 1. The molecule has 0 atom stereocenters. The zero-order chi connectivity index (χ0) is 11.5. The largest absolute Gasteiger partial charge is 0.352 e. The van der Waals surface area contributed by atoms with Gasteiger partial charge in [0.2, 0.25) is 0 Å². The molecule has 5 heteroatoms. The fourth-order valence-electron chi connectivity index (χ4n) is 1.65. The van der Waals surface area contributed by atoms with Crippen LogP contribution in [0.5, 0.6) is 0 Å². The molecule has 3 nitrogen and oxygen atoms in total. The van der Waals surface area contributed by atoms with E-state index in [0.717, 1.165) is 34.3 Å². The predicted molar refractivity (Wildman–Crippen MR) is 79.8 cm³/mol. The van der Waals surface area contributed by atoms with Gasteiger partial charge in [-0.15, -0.1) is 12.4 Å². The van der Waals surface area contributed by atoms with E-state index in [-0.39, 0.29) is 18.3 Å². The zero-order valence-electron chi connectivity index (χ0n) is 9.63. The first-order valence-electron chi connectivity index (χ1n) is 5.42. The van der Waals surface area contributed by atoms with Crippen LogP contribution >= 0.6 is 35.0 Å². The summed E-state index contributed by atoms with van der Waals surface area (Å²) in [5, 5.41) is 6.18. The molecule has 1 fully saturated rings. The average Bonchev–Trinajstić information content (AvgIpc) is 2.19. The molecule has 0 aliphatic carbocycles. The fourth-order valence-corrected chi connectivity index (χ4v) is 2.25. The van der Waals surface area contributed by atoms with Crippen molar-refractivity contribution in [1.29, 1.82) is 0 Å². The minimum absolute atomic E-state index is 0. The number of hydrogen-bond donors (Lipinski definition) is 2. The quantitative estimate of drug-likeness (QED) is 0.803. The fraction of sp³-hybridized carbons (Fsp3) is 0.417. The lowest BCUT2D eigenvalue weighted by Crippen LogP contribution is -2.48. The number of benzene rings is 1. The Morgan fingerprint density at radius 1 is 1.53 bits per heavy atom. The first-order chi connectivity index (χ1) is 7.68. The van der Waals surface area contributed by atoms with Gasteiger partial charge >= 0.3 is 0 Å². The molecule has 1 aromatic rings. The van der Waals surface area contributed by atoms with Crippen molar-refractivity contribution in [2.24, 2.45) is 5.92 Å². The number of rotatable bonds is 3. The van der Waals surface area contributed by atoms with Crippen molar-refractivity contribution in [3.8, 4) is 0 Å². The first-order valence-corrected chi connectivity index (χ1v) is 6.50. The number of carbonyl (C=O) groups excluding carboxylic acids is 1. The number of hydrogen-bond acceptors (Lipinski definition) is 2. The maximum atomic E-state index is 11.9. The molecular formula is C12H16ClIN2O. The third kappa shape index (κ3) is 3.56. The van der Waals surface area contributed by atoms with Gasteiger partial charge in [-0.2, -0.15) is 0 Å². The van der Waals surface area contributed by atoms with Gasteiger partial charge in [0.1, 0.15) is 0 Å². The summed E-state index contributed by atoms with van der Waals surface area (Å²) in [4.78, 5) is 11.9. The lowest BCUT2D eigenvalue weighted by molar-refractivity contribution is 0.0941. The molecule has 17 heavy (non-hydrogen) atoms. The van der Waals surface area contributed by atoms with Crippen LogP contribution in [0.1, 0.15) is 15.9 Å². The highest BCUT2D eigenvalue weighted by Crippen LogP contribution is 2.16. The van der Waals surface area contributed by atoms with E-state index in [9.17, 15) is 4.79 Å². The molecule has 1 aliphatic rings. The second kappa shape index (κ2) is 6.56. The van der Waals surface area contributed by atoms with Crippen LogP contribution in [0, 0.1) is 16.4 Å². The van der Waals surface area contributed by atoms with E-state index in [0.29, 0.717) is 5.92 Å². The van der Waals surface area contributed by atoms with E-state index < -0.39 is 0 Å². The third-order valence-corrected chi connectivity index (χ3v) is 4.29. The Balaban J connectivity index is 0.00000144. The first kappa shape index (κ1) is 14.7. The van der Waals surface area contributed by atoms with Crippen LogP contribution in [0.15, 0.2) is 18.2 Å². The summed E-state index contributed by atoms with van der Waals surface area (Å²) in [6, 6.07) is 5.83. The van der Waals surface area contributed by atoms with Gasteiger partial charge in [0.25, 0.3) is 5.91 Å².